The zero-order chi connectivity index (χ0) is 44.1. The number of unbranched alkanes of at least 4 members (excludes halogenated alkanes) is 19. The average molecular weight is 852 g/mol. The van der Waals surface area contributed by atoms with Crippen LogP contribution in [0.1, 0.15) is 187 Å². The van der Waals surface area contributed by atoms with Gasteiger partial charge in [-0.15, -0.1) is 0 Å². The highest BCUT2D eigenvalue weighted by Crippen LogP contribution is 2.23. The number of ether oxygens (including phenoxy) is 2. The van der Waals surface area contributed by atoms with E-state index in [1.807, 2.05) is 0 Å². The van der Waals surface area contributed by atoms with Crippen LogP contribution in [-0.4, -0.2) is 110 Å². The summed E-state index contributed by atoms with van der Waals surface area (Å²) < 4.78 is 11.1. The summed E-state index contributed by atoms with van der Waals surface area (Å²) in [6.07, 6.45) is 34.5. The van der Waals surface area contributed by atoms with E-state index in [1.165, 1.54) is 89.9 Å². The van der Waals surface area contributed by atoms with Crippen molar-refractivity contribution in [3.8, 4) is 0 Å². The molecule has 1 aliphatic rings. The Morgan fingerprint density at radius 1 is 0.600 bits per heavy atom. The molecule has 0 radical (unpaired) electrons. The van der Waals surface area contributed by atoms with Crippen molar-refractivity contribution in [3.05, 3.63) is 48.6 Å². The molecule has 1 saturated heterocycles. The summed E-state index contributed by atoms with van der Waals surface area (Å²) in [5.41, 5.74) is 0. The Kier molecular flexibility index (Phi) is 36.2. The Balaban J connectivity index is 2.42. The lowest BCUT2D eigenvalue weighted by atomic mass is 9.98. The molecule has 1 amide bonds. The second kappa shape index (κ2) is 38.7. The maximum atomic E-state index is 13.1. The molecule has 8 N–H and O–H groups in total. The Bertz CT molecular complexity index is 1110. The number of allylic oxidation sites excluding steroid dienone is 8. The number of carbonyl (C=O) groups excluding carboxylic acids is 1. The molecule has 0 saturated carbocycles. The molecule has 1 heterocycles. The Hall–Kier alpha value is -1.93. The molecule has 11 nitrogen and oxygen atoms in total. The second-order valence-electron chi connectivity index (χ2n) is 16.8. The molecule has 9 atom stereocenters. The number of nitrogens with one attached hydrogen (secondary N) is 1. The normalized spacial score (nSPS) is 22.1. The number of carbonyl (C=O) groups is 1. The smallest absolute Gasteiger partial charge is 0.249 e. The number of aliphatic hydroxyl groups excluding tert-OH is 7. The summed E-state index contributed by atoms with van der Waals surface area (Å²) in [5, 5.41) is 75.6. The SMILES string of the molecule is CC/C=C\C/C=C\CCCCCCCCCCCCCCCC(O)C(=O)NC(COC1OC(CO)C(O)C(O)C1O)C(O)C(O)CCC/C=C/CC/C=C/CCCCCC. The average Bonchev–Trinajstić information content (AvgIpc) is 3.25. The largest absolute Gasteiger partial charge is 0.394 e. The van der Waals surface area contributed by atoms with Crippen LogP contribution in [0.3, 0.4) is 0 Å². The summed E-state index contributed by atoms with van der Waals surface area (Å²) in [7, 11) is 0. The van der Waals surface area contributed by atoms with Crippen LogP contribution in [0.4, 0.5) is 0 Å². The summed E-state index contributed by atoms with van der Waals surface area (Å²) in [4.78, 5) is 13.1. The fourth-order valence-electron chi connectivity index (χ4n) is 7.38. The quantitative estimate of drug-likeness (QED) is 0.0221. The van der Waals surface area contributed by atoms with E-state index in [-0.39, 0.29) is 12.8 Å². The maximum Gasteiger partial charge on any atom is 0.249 e. The van der Waals surface area contributed by atoms with Crippen molar-refractivity contribution in [1.29, 1.82) is 0 Å². The van der Waals surface area contributed by atoms with Gasteiger partial charge in [0.2, 0.25) is 5.91 Å². The molecule has 0 aromatic rings. The molecule has 0 aliphatic carbocycles. The van der Waals surface area contributed by atoms with Gasteiger partial charge in [-0.3, -0.25) is 4.79 Å². The molecule has 0 aromatic heterocycles. The summed E-state index contributed by atoms with van der Waals surface area (Å²) in [6, 6.07) is -1.19. The van der Waals surface area contributed by atoms with E-state index in [2.05, 4.69) is 67.8 Å². The number of aliphatic hydroxyl groups is 7. The standard InChI is InChI=1S/C49H89NO10/c1-3-5-7-9-11-13-15-17-18-19-20-21-22-23-25-27-29-31-33-35-37-42(53)48(58)50-40(39-59-49-47(57)46(56)45(55)43(38-51)60-49)44(54)41(52)36-34-32-30-28-26-24-16-14-12-10-8-6-4-2/h5,7,11,13-14,16,28,30,40-47,49,51-57H,3-4,6,8-10,12,15,17-27,29,31-39H2,1-2H3,(H,50,58)/b7-5-,13-11-,16-14+,30-28+. The van der Waals surface area contributed by atoms with Crippen LogP contribution in [0.25, 0.3) is 0 Å². The van der Waals surface area contributed by atoms with Gasteiger partial charge in [-0.25, -0.2) is 0 Å². The first-order chi connectivity index (χ1) is 29.2. The van der Waals surface area contributed by atoms with E-state index < -0.39 is 74.2 Å². The molecule has 0 spiro atoms. The third-order valence-corrected chi connectivity index (χ3v) is 11.3. The van der Waals surface area contributed by atoms with Gasteiger partial charge in [0.05, 0.1) is 25.4 Å². The molecular formula is C49H89NO10. The summed E-state index contributed by atoms with van der Waals surface area (Å²) in [6.45, 7) is 3.29. The van der Waals surface area contributed by atoms with Crippen LogP contribution in [0.2, 0.25) is 0 Å². The van der Waals surface area contributed by atoms with Crippen LogP contribution >= 0.6 is 0 Å². The van der Waals surface area contributed by atoms with Crippen molar-refractivity contribution in [1.82, 2.24) is 5.32 Å². The fourth-order valence-corrected chi connectivity index (χ4v) is 7.38. The van der Waals surface area contributed by atoms with Crippen LogP contribution < -0.4 is 5.32 Å². The van der Waals surface area contributed by atoms with E-state index in [0.29, 0.717) is 19.3 Å². The van der Waals surface area contributed by atoms with Gasteiger partial charge >= 0.3 is 0 Å². The number of hydrogen-bond acceptors (Lipinski definition) is 10. The van der Waals surface area contributed by atoms with E-state index in [1.54, 1.807) is 0 Å². The molecule has 0 aromatic carbocycles. The van der Waals surface area contributed by atoms with Crippen molar-refractivity contribution < 1.29 is 50.0 Å². The van der Waals surface area contributed by atoms with E-state index >= 15 is 0 Å². The van der Waals surface area contributed by atoms with E-state index in [0.717, 1.165) is 51.4 Å². The minimum Gasteiger partial charge on any atom is -0.394 e. The van der Waals surface area contributed by atoms with Gasteiger partial charge in [0.25, 0.3) is 0 Å². The molecule has 350 valence electrons. The molecule has 1 fully saturated rings. The van der Waals surface area contributed by atoms with Crippen LogP contribution in [0, 0.1) is 0 Å². The van der Waals surface area contributed by atoms with Gasteiger partial charge in [-0.2, -0.15) is 0 Å². The first-order valence-electron chi connectivity index (χ1n) is 24.0. The number of amides is 1. The van der Waals surface area contributed by atoms with Crippen molar-refractivity contribution in [3.63, 3.8) is 0 Å². The van der Waals surface area contributed by atoms with Crippen LogP contribution in [0.15, 0.2) is 48.6 Å². The van der Waals surface area contributed by atoms with Gasteiger partial charge < -0.3 is 50.5 Å². The lowest BCUT2D eigenvalue weighted by molar-refractivity contribution is -0.303. The Morgan fingerprint density at radius 2 is 1.10 bits per heavy atom. The van der Waals surface area contributed by atoms with E-state index in [9.17, 15) is 40.5 Å². The highest BCUT2D eigenvalue weighted by atomic mass is 16.7. The van der Waals surface area contributed by atoms with Gasteiger partial charge in [-0.05, 0) is 77.0 Å². The van der Waals surface area contributed by atoms with Gasteiger partial charge in [0.15, 0.2) is 6.29 Å². The van der Waals surface area contributed by atoms with Crippen LogP contribution in [0.5, 0.6) is 0 Å². The molecular weight excluding hydrogens is 763 g/mol. The minimum absolute atomic E-state index is 0.244. The summed E-state index contributed by atoms with van der Waals surface area (Å²) >= 11 is 0. The highest BCUT2D eigenvalue weighted by molar-refractivity contribution is 5.80. The zero-order valence-corrected chi connectivity index (χ0v) is 37.7. The minimum atomic E-state index is -1.67. The third-order valence-electron chi connectivity index (χ3n) is 11.3. The van der Waals surface area contributed by atoms with Crippen molar-refractivity contribution in [2.24, 2.45) is 0 Å². The highest BCUT2D eigenvalue weighted by Gasteiger charge is 2.44. The zero-order valence-electron chi connectivity index (χ0n) is 37.7. The topological polar surface area (TPSA) is 189 Å². The van der Waals surface area contributed by atoms with E-state index in [4.69, 9.17) is 9.47 Å². The van der Waals surface area contributed by atoms with Gasteiger partial charge in [0, 0.05) is 0 Å². The maximum absolute atomic E-state index is 13.1. The molecule has 1 rings (SSSR count). The first-order valence-corrected chi connectivity index (χ1v) is 24.0. The van der Waals surface area contributed by atoms with Crippen LogP contribution in [-0.2, 0) is 14.3 Å². The molecule has 60 heavy (non-hydrogen) atoms. The van der Waals surface area contributed by atoms with Crippen molar-refractivity contribution in [2.45, 2.75) is 242 Å². The predicted octanol–water partition coefficient (Wildman–Crippen LogP) is 8.17. The van der Waals surface area contributed by atoms with Gasteiger partial charge in [0.1, 0.15) is 36.6 Å². The third kappa shape index (κ3) is 27.9. The number of hydrogen-bond donors (Lipinski definition) is 8. The molecule has 0 bridgehead atoms. The van der Waals surface area contributed by atoms with Gasteiger partial charge in [-0.1, -0.05) is 159 Å². The summed E-state index contributed by atoms with van der Waals surface area (Å²) in [5.74, 6) is -0.714. The Morgan fingerprint density at radius 3 is 1.67 bits per heavy atom. The Labute approximate surface area is 364 Å². The molecule has 9 unspecified atom stereocenters. The predicted molar refractivity (Wildman–Crippen MR) is 242 cm³/mol. The molecule has 1 aliphatic heterocycles. The number of rotatable bonds is 39. The molecule has 11 heteroatoms. The lowest BCUT2D eigenvalue weighted by Gasteiger charge is -2.40. The second-order valence-corrected chi connectivity index (χ2v) is 16.8. The lowest BCUT2D eigenvalue weighted by Crippen LogP contribution is -2.60. The first kappa shape index (κ1) is 56.1. The van der Waals surface area contributed by atoms with Crippen molar-refractivity contribution in [2.75, 3.05) is 13.2 Å². The fraction of sp³-hybridized carbons (Fsp3) is 0.816. The monoisotopic (exact) mass is 852 g/mol. The van der Waals surface area contributed by atoms with Crippen molar-refractivity contribution >= 4 is 5.91 Å².